The lowest BCUT2D eigenvalue weighted by atomic mass is 10.1. The molecule has 1 fully saturated rings. The van der Waals surface area contributed by atoms with Crippen molar-refractivity contribution in [2.75, 3.05) is 19.7 Å². The van der Waals surface area contributed by atoms with E-state index in [4.69, 9.17) is 9.84 Å². The lowest BCUT2D eigenvalue weighted by molar-refractivity contribution is -0.151. The van der Waals surface area contributed by atoms with E-state index in [9.17, 15) is 4.79 Å². The second-order valence-corrected chi connectivity index (χ2v) is 4.13. The summed E-state index contributed by atoms with van der Waals surface area (Å²) in [5.41, 5.74) is 0. The van der Waals surface area contributed by atoms with Crippen LogP contribution in [0.25, 0.3) is 0 Å². The van der Waals surface area contributed by atoms with Gasteiger partial charge in [-0.05, 0) is 38.3 Å². The first-order chi connectivity index (χ1) is 7.24. The van der Waals surface area contributed by atoms with Crippen LogP contribution in [0.4, 0.5) is 0 Å². The van der Waals surface area contributed by atoms with E-state index < -0.39 is 12.1 Å². The summed E-state index contributed by atoms with van der Waals surface area (Å²) in [4.78, 5) is 10.8. The highest BCUT2D eigenvalue weighted by atomic mass is 16.5. The molecule has 2 N–H and O–H groups in total. The predicted molar refractivity (Wildman–Crippen MR) is 57.9 cm³/mol. The van der Waals surface area contributed by atoms with Gasteiger partial charge in [0.05, 0.1) is 0 Å². The SMILES string of the molecule is CCCC(OCCC1CCNC1)C(=O)O. The van der Waals surface area contributed by atoms with E-state index in [1.54, 1.807) is 0 Å². The van der Waals surface area contributed by atoms with E-state index in [0.717, 1.165) is 25.9 Å². The van der Waals surface area contributed by atoms with Crippen LogP contribution in [0, 0.1) is 5.92 Å². The fraction of sp³-hybridized carbons (Fsp3) is 0.909. The predicted octanol–water partition coefficient (Wildman–Crippen LogP) is 1.26. The Morgan fingerprint density at radius 3 is 3.00 bits per heavy atom. The van der Waals surface area contributed by atoms with Gasteiger partial charge in [-0.3, -0.25) is 0 Å². The summed E-state index contributed by atoms with van der Waals surface area (Å²) in [6.45, 7) is 4.68. The highest BCUT2D eigenvalue weighted by Crippen LogP contribution is 2.13. The van der Waals surface area contributed by atoms with Crippen molar-refractivity contribution in [2.24, 2.45) is 5.92 Å². The van der Waals surface area contributed by atoms with Gasteiger partial charge in [-0.2, -0.15) is 0 Å². The van der Waals surface area contributed by atoms with Gasteiger partial charge in [-0.1, -0.05) is 13.3 Å². The molecule has 0 spiro atoms. The maximum atomic E-state index is 10.8. The molecule has 1 aliphatic rings. The molecular weight excluding hydrogens is 194 g/mol. The number of carboxylic acids is 1. The number of aliphatic carboxylic acids is 1. The van der Waals surface area contributed by atoms with E-state index in [1.807, 2.05) is 6.92 Å². The number of ether oxygens (including phenoxy) is 1. The third kappa shape index (κ3) is 4.62. The Morgan fingerprint density at radius 2 is 2.47 bits per heavy atom. The maximum Gasteiger partial charge on any atom is 0.332 e. The highest BCUT2D eigenvalue weighted by Gasteiger charge is 2.18. The minimum absolute atomic E-state index is 0.573. The molecule has 2 unspecified atom stereocenters. The smallest absolute Gasteiger partial charge is 0.332 e. The molecule has 0 aromatic heterocycles. The monoisotopic (exact) mass is 215 g/mol. The van der Waals surface area contributed by atoms with Crippen LogP contribution in [0.3, 0.4) is 0 Å². The summed E-state index contributed by atoms with van der Waals surface area (Å²) in [5.74, 6) is -0.164. The van der Waals surface area contributed by atoms with Crippen LogP contribution in [0.5, 0.6) is 0 Å². The number of nitrogens with one attached hydrogen (secondary N) is 1. The molecule has 0 bridgehead atoms. The Balaban J connectivity index is 2.12. The van der Waals surface area contributed by atoms with E-state index in [2.05, 4.69) is 5.32 Å². The van der Waals surface area contributed by atoms with Gasteiger partial charge in [-0.15, -0.1) is 0 Å². The second kappa shape index (κ2) is 6.80. The van der Waals surface area contributed by atoms with Crippen LogP contribution >= 0.6 is 0 Å². The standard InChI is InChI=1S/C11H21NO3/c1-2-3-10(11(13)14)15-7-5-9-4-6-12-8-9/h9-10,12H,2-8H2,1H3,(H,13,14). The molecule has 0 aromatic rings. The van der Waals surface area contributed by atoms with E-state index in [0.29, 0.717) is 18.9 Å². The molecule has 0 aromatic carbocycles. The molecule has 88 valence electrons. The molecule has 4 heteroatoms. The van der Waals surface area contributed by atoms with Gasteiger partial charge in [-0.25, -0.2) is 4.79 Å². The Labute approximate surface area is 91.0 Å². The lowest BCUT2D eigenvalue weighted by Gasteiger charge is -2.14. The minimum Gasteiger partial charge on any atom is -0.479 e. The van der Waals surface area contributed by atoms with Crippen LogP contribution in [0.15, 0.2) is 0 Å². The van der Waals surface area contributed by atoms with Gasteiger partial charge in [0.25, 0.3) is 0 Å². The summed E-state index contributed by atoms with van der Waals surface area (Å²) in [6, 6.07) is 0. The molecule has 15 heavy (non-hydrogen) atoms. The van der Waals surface area contributed by atoms with Crippen molar-refractivity contribution < 1.29 is 14.6 Å². The number of rotatable bonds is 7. The first-order valence-electron chi connectivity index (χ1n) is 5.79. The van der Waals surface area contributed by atoms with Crippen LogP contribution in [-0.4, -0.2) is 36.9 Å². The van der Waals surface area contributed by atoms with Gasteiger partial charge in [0.15, 0.2) is 6.10 Å². The highest BCUT2D eigenvalue weighted by molar-refractivity contribution is 5.72. The van der Waals surface area contributed by atoms with Crippen molar-refractivity contribution in [1.29, 1.82) is 0 Å². The van der Waals surface area contributed by atoms with Crippen molar-refractivity contribution in [1.82, 2.24) is 5.32 Å². The molecule has 0 saturated carbocycles. The minimum atomic E-state index is -0.832. The van der Waals surface area contributed by atoms with Gasteiger partial charge in [0.2, 0.25) is 0 Å². The molecule has 0 aliphatic carbocycles. The Hall–Kier alpha value is -0.610. The molecule has 1 rings (SSSR count). The van der Waals surface area contributed by atoms with Crippen molar-refractivity contribution >= 4 is 5.97 Å². The van der Waals surface area contributed by atoms with Gasteiger partial charge in [0.1, 0.15) is 0 Å². The molecule has 0 amide bonds. The molecule has 1 aliphatic heterocycles. The Kier molecular flexibility index (Phi) is 5.65. The first-order valence-corrected chi connectivity index (χ1v) is 5.79. The van der Waals surface area contributed by atoms with Crippen LogP contribution in [0.1, 0.15) is 32.6 Å². The van der Waals surface area contributed by atoms with Crippen LogP contribution < -0.4 is 5.32 Å². The molecule has 4 nitrogen and oxygen atoms in total. The zero-order valence-corrected chi connectivity index (χ0v) is 9.37. The van der Waals surface area contributed by atoms with Gasteiger partial charge < -0.3 is 15.2 Å². The quantitative estimate of drug-likeness (QED) is 0.671. The van der Waals surface area contributed by atoms with Crippen LogP contribution in [0.2, 0.25) is 0 Å². The third-order valence-corrected chi connectivity index (χ3v) is 2.83. The summed E-state index contributed by atoms with van der Waals surface area (Å²) in [5, 5.41) is 12.1. The van der Waals surface area contributed by atoms with Crippen molar-refractivity contribution in [2.45, 2.75) is 38.7 Å². The third-order valence-electron chi connectivity index (χ3n) is 2.83. The number of hydrogen-bond acceptors (Lipinski definition) is 3. The second-order valence-electron chi connectivity index (χ2n) is 4.13. The van der Waals surface area contributed by atoms with E-state index in [1.165, 1.54) is 6.42 Å². The Morgan fingerprint density at radius 1 is 1.67 bits per heavy atom. The molecule has 1 saturated heterocycles. The zero-order chi connectivity index (χ0) is 11.1. The number of hydrogen-bond donors (Lipinski definition) is 2. The molecule has 0 radical (unpaired) electrons. The summed E-state index contributed by atoms with van der Waals surface area (Å²) < 4.78 is 5.38. The summed E-state index contributed by atoms with van der Waals surface area (Å²) in [6.07, 6.45) is 3.01. The summed E-state index contributed by atoms with van der Waals surface area (Å²) >= 11 is 0. The van der Waals surface area contributed by atoms with E-state index >= 15 is 0 Å². The van der Waals surface area contributed by atoms with Crippen molar-refractivity contribution in [3.63, 3.8) is 0 Å². The van der Waals surface area contributed by atoms with Crippen molar-refractivity contribution in [3.05, 3.63) is 0 Å². The zero-order valence-electron chi connectivity index (χ0n) is 9.37. The van der Waals surface area contributed by atoms with Gasteiger partial charge >= 0.3 is 5.97 Å². The Bertz CT molecular complexity index is 190. The summed E-state index contributed by atoms with van der Waals surface area (Å²) in [7, 11) is 0. The number of carbonyl (C=O) groups is 1. The average Bonchev–Trinajstić information content (AvgIpc) is 2.69. The van der Waals surface area contributed by atoms with Gasteiger partial charge in [0, 0.05) is 6.61 Å². The fourth-order valence-electron chi connectivity index (χ4n) is 1.88. The van der Waals surface area contributed by atoms with E-state index in [-0.39, 0.29) is 0 Å². The fourth-order valence-corrected chi connectivity index (χ4v) is 1.88. The topological polar surface area (TPSA) is 58.6 Å². The first kappa shape index (κ1) is 12.5. The van der Waals surface area contributed by atoms with Crippen molar-refractivity contribution in [3.8, 4) is 0 Å². The lowest BCUT2D eigenvalue weighted by Crippen LogP contribution is -2.25. The maximum absolute atomic E-state index is 10.8. The number of carboxylic acid groups (broad SMARTS) is 1. The molecular formula is C11H21NO3. The molecule has 2 atom stereocenters. The largest absolute Gasteiger partial charge is 0.479 e. The molecule has 1 heterocycles. The van der Waals surface area contributed by atoms with Crippen LogP contribution in [-0.2, 0) is 9.53 Å². The normalized spacial score (nSPS) is 22.9. The average molecular weight is 215 g/mol.